The zero-order valence-corrected chi connectivity index (χ0v) is 7.68. The molecule has 0 heterocycles. The molecule has 0 saturated carbocycles. The number of hydrogen-bond donors (Lipinski definition) is 0. The lowest BCUT2D eigenvalue weighted by Crippen LogP contribution is -2.27. The molecule has 0 aliphatic rings. The van der Waals surface area contributed by atoms with Crippen LogP contribution in [0, 0.1) is 0 Å². The number of halogens is 1. The maximum absolute atomic E-state index is 4.89. The third-order valence-corrected chi connectivity index (χ3v) is 1.55. The molecule has 0 aliphatic heterocycles. The topological polar surface area (TPSA) is 12.5 Å². The lowest BCUT2D eigenvalue weighted by atomic mass is 10.3. The first-order valence-corrected chi connectivity index (χ1v) is 3.46. The highest BCUT2D eigenvalue weighted by Gasteiger charge is 2.01. The summed E-state index contributed by atoms with van der Waals surface area (Å²) in [6, 6.07) is 0.520. The van der Waals surface area contributed by atoms with Gasteiger partial charge in [-0.25, -0.2) is 0 Å². The van der Waals surface area contributed by atoms with Crippen molar-refractivity contribution in [3.8, 4) is 0 Å². The third-order valence-electron chi connectivity index (χ3n) is 1.19. The molecular formula is C5H12INO. The molecule has 0 N–H and O–H groups in total. The van der Waals surface area contributed by atoms with E-state index in [1.165, 1.54) is 0 Å². The van der Waals surface area contributed by atoms with E-state index >= 15 is 0 Å². The molecule has 0 amide bonds. The predicted octanol–water partition coefficient (Wildman–Crippen LogP) is 1.30. The molecule has 3 heteroatoms. The van der Waals surface area contributed by atoms with Crippen molar-refractivity contribution in [1.82, 2.24) is 4.90 Å². The molecule has 0 radical (unpaired) electrons. The fourth-order valence-electron chi connectivity index (χ4n) is 0.240. The van der Waals surface area contributed by atoms with Crippen LogP contribution in [0.1, 0.15) is 6.92 Å². The largest absolute Gasteiger partial charge is 0.314 e. The van der Waals surface area contributed by atoms with Crippen molar-refractivity contribution in [3.63, 3.8) is 0 Å². The highest BCUT2D eigenvalue weighted by Crippen LogP contribution is 1.94. The normalized spacial score (nSPS) is 14.6. The lowest BCUT2D eigenvalue weighted by molar-refractivity contribution is 0.238. The molecule has 0 saturated heterocycles. The van der Waals surface area contributed by atoms with Crippen LogP contribution in [0.25, 0.3) is 0 Å². The van der Waals surface area contributed by atoms with Gasteiger partial charge in [-0.1, -0.05) is 0 Å². The van der Waals surface area contributed by atoms with Gasteiger partial charge in [-0.05, 0) is 21.0 Å². The van der Waals surface area contributed by atoms with Crippen LogP contribution in [0.3, 0.4) is 0 Å². The Morgan fingerprint density at radius 2 is 2.12 bits per heavy atom. The van der Waals surface area contributed by atoms with Crippen molar-refractivity contribution >= 4 is 23.0 Å². The van der Waals surface area contributed by atoms with Crippen molar-refractivity contribution < 1.29 is 3.07 Å². The second-order valence-electron chi connectivity index (χ2n) is 2.09. The van der Waals surface area contributed by atoms with Gasteiger partial charge in [0.1, 0.15) is 23.0 Å². The minimum absolute atomic E-state index is 0.520. The summed E-state index contributed by atoms with van der Waals surface area (Å²) < 4.78 is 4.89. The van der Waals surface area contributed by atoms with Crippen LogP contribution >= 0.6 is 23.0 Å². The molecular weight excluding hydrogens is 217 g/mol. The molecule has 0 aromatic rings. The summed E-state index contributed by atoms with van der Waals surface area (Å²) in [6.45, 7) is 2.92. The standard InChI is InChI=1S/C5H12INO/c1-5(4-8-6)7(2)3/h5H,4H2,1-3H3. The predicted molar refractivity (Wildman–Crippen MR) is 43.1 cm³/mol. The molecule has 0 aliphatic carbocycles. The van der Waals surface area contributed by atoms with Gasteiger partial charge in [0.15, 0.2) is 0 Å². The van der Waals surface area contributed by atoms with E-state index in [2.05, 4.69) is 11.8 Å². The Bertz CT molecular complexity index is 58.4. The maximum Gasteiger partial charge on any atom is 0.109 e. The molecule has 0 aromatic carbocycles. The first-order chi connectivity index (χ1) is 3.68. The van der Waals surface area contributed by atoms with Gasteiger partial charge >= 0.3 is 0 Å². The molecule has 0 aromatic heterocycles. The summed E-state index contributed by atoms with van der Waals surface area (Å²) in [6.07, 6.45) is 0. The van der Waals surface area contributed by atoms with Crippen molar-refractivity contribution in [2.75, 3.05) is 20.7 Å². The van der Waals surface area contributed by atoms with Gasteiger partial charge < -0.3 is 7.97 Å². The van der Waals surface area contributed by atoms with Crippen LogP contribution in [0.15, 0.2) is 0 Å². The molecule has 8 heavy (non-hydrogen) atoms. The smallest absolute Gasteiger partial charge is 0.109 e. The summed E-state index contributed by atoms with van der Waals surface area (Å²) in [4.78, 5) is 2.12. The van der Waals surface area contributed by atoms with Gasteiger partial charge in [0.25, 0.3) is 0 Å². The van der Waals surface area contributed by atoms with Crippen molar-refractivity contribution in [2.45, 2.75) is 13.0 Å². The van der Waals surface area contributed by atoms with Gasteiger partial charge in [-0.2, -0.15) is 0 Å². The first-order valence-electron chi connectivity index (χ1n) is 2.58. The van der Waals surface area contributed by atoms with Crippen molar-refractivity contribution in [3.05, 3.63) is 0 Å². The summed E-state index contributed by atoms with van der Waals surface area (Å²) in [7, 11) is 4.08. The fourth-order valence-corrected chi connectivity index (χ4v) is 0.761. The molecule has 1 unspecified atom stereocenters. The molecule has 0 fully saturated rings. The van der Waals surface area contributed by atoms with Crippen LogP contribution in [0.4, 0.5) is 0 Å². The Balaban J connectivity index is 3.17. The van der Waals surface area contributed by atoms with Crippen LogP contribution in [0.5, 0.6) is 0 Å². The van der Waals surface area contributed by atoms with Crippen molar-refractivity contribution in [2.24, 2.45) is 0 Å². The quantitative estimate of drug-likeness (QED) is 0.676. The van der Waals surface area contributed by atoms with E-state index in [9.17, 15) is 0 Å². The molecule has 50 valence electrons. The lowest BCUT2D eigenvalue weighted by Gasteiger charge is -2.17. The Kier molecular flexibility index (Phi) is 4.89. The molecule has 0 bridgehead atoms. The minimum Gasteiger partial charge on any atom is -0.314 e. The monoisotopic (exact) mass is 229 g/mol. The second kappa shape index (κ2) is 4.52. The zero-order chi connectivity index (χ0) is 6.57. The summed E-state index contributed by atoms with van der Waals surface area (Å²) in [5, 5.41) is 0. The summed E-state index contributed by atoms with van der Waals surface area (Å²) in [5.74, 6) is 0. The van der Waals surface area contributed by atoms with Gasteiger partial charge in [0.05, 0.1) is 6.61 Å². The van der Waals surface area contributed by atoms with E-state index in [0.717, 1.165) is 6.61 Å². The highest BCUT2D eigenvalue weighted by atomic mass is 127. The van der Waals surface area contributed by atoms with E-state index in [4.69, 9.17) is 3.07 Å². The Hall–Kier alpha value is 0.650. The summed E-state index contributed by atoms with van der Waals surface area (Å²) in [5.41, 5.74) is 0. The van der Waals surface area contributed by atoms with E-state index in [-0.39, 0.29) is 0 Å². The molecule has 0 spiro atoms. The zero-order valence-electron chi connectivity index (χ0n) is 5.52. The number of hydrogen-bond acceptors (Lipinski definition) is 2. The van der Waals surface area contributed by atoms with Gasteiger partial charge in [0, 0.05) is 6.04 Å². The number of likely N-dealkylation sites (N-methyl/N-ethyl adjacent to an activating group) is 1. The molecule has 1 atom stereocenters. The van der Waals surface area contributed by atoms with E-state index in [1.807, 2.05) is 37.1 Å². The van der Waals surface area contributed by atoms with Gasteiger partial charge in [-0.3, -0.25) is 0 Å². The maximum atomic E-state index is 4.89. The van der Waals surface area contributed by atoms with Crippen LogP contribution in [-0.4, -0.2) is 31.6 Å². The average Bonchev–Trinajstić information content (AvgIpc) is 1.67. The van der Waals surface area contributed by atoms with E-state index in [1.54, 1.807) is 0 Å². The Morgan fingerprint density at radius 1 is 1.62 bits per heavy atom. The average molecular weight is 229 g/mol. The highest BCUT2D eigenvalue weighted by molar-refractivity contribution is 14.1. The van der Waals surface area contributed by atoms with Crippen LogP contribution < -0.4 is 0 Å². The second-order valence-corrected chi connectivity index (χ2v) is 2.71. The third kappa shape index (κ3) is 3.63. The first kappa shape index (κ1) is 8.65. The minimum atomic E-state index is 0.520. The SMILES string of the molecule is CC(COI)N(C)C. The molecule has 0 rings (SSSR count). The molecule has 2 nitrogen and oxygen atoms in total. The van der Waals surface area contributed by atoms with E-state index < -0.39 is 0 Å². The Morgan fingerprint density at radius 3 is 2.25 bits per heavy atom. The van der Waals surface area contributed by atoms with Gasteiger partial charge in [0.2, 0.25) is 0 Å². The summed E-state index contributed by atoms with van der Waals surface area (Å²) >= 11 is 1.91. The van der Waals surface area contributed by atoms with Crippen LogP contribution in [-0.2, 0) is 3.07 Å². The van der Waals surface area contributed by atoms with Gasteiger partial charge in [-0.15, -0.1) is 0 Å². The number of nitrogens with zero attached hydrogens (tertiary/aromatic N) is 1. The van der Waals surface area contributed by atoms with Crippen molar-refractivity contribution in [1.29, 1.82) is 0 Å². The van der Waals surface area contributed by atoms with Crippen LogP contribution in [0.2, 0.25) is 0 Å². The van der Waals surface area contributed by atoms with E-state index in [0.29, 0.717) is 6.04 Å². The fraction of sp³-hybridized carbons (Fsp3) is 1.00. The Labute approximate surface area is 64.9 Å². The number of rotatable bonds is 3.